The van der Waals surface area contributed by atoms with Crippen LogP contribution in [0.15, 0.2) is 67.0 Å². The summed E-state index contributed by atoms with van der Waals surface area (Å²) in [4.78, 5) is 4.43. The molecule has 3 aromatic rings. The van der Waals surface area contributed by atoms with Crippen molar-refractivity contribution in [3.63, 3.8) is 0 Å². The maximum Gasteiger partial charge on any atom is 0.213 e. The van der Waals surface area contributed by atoms with Crippen LogP contribution in [-0.4, -0.2) is 4.98 Å². The summed E-state index contributed by atoms with van der Waals surface area (Å²) in [7, 11) is 2.07. The van der Waals surface area contributed by atoms with Crippen LogP contribution < -0.4 is 4.57 Å². The molecule has 1 aromatic carbocycles. The Balaban J connectivity index is 2.15. The summed E-state index contributed by atoms with van der Waals surface area (Å²) < 4.78 is 2.15. The zero-order chi connectivity index (χ0) is 13.9. The number of aryl methyl sites for hydroxylation is 2. The minimum Gasteiger partial charge on any atom is -0.256 e. The summed E-state index contributed by atoms with van der Waals surface area (Å²) in [6.07, 6.45) is 3.92. The fourth-order valence-corrected chi connectivity index (χ4v) is 2.39. The SMILES string of the molecule is Cc1ccccc1-c1cc(-c2ccccn2)cc[n+]1C. The highest BCUT2D eigenvalue weighted by Gasteiger charge is 2.13. The van der Waals surface area contributed by atoms with Crippen LogP contribution in [0.2, 0.25) is 0 Å². The van der Waals surface area contributed by atoms with Gasteiger partial charge in [0.15, 0.2) is 6.20 Å². The van der Waals surface area contributed by atoms with Crippen molar-refractivity contribution in [2.45, 2.75) is 6.92 Å². The molecule has 0 fully saturated rings. The molecule has 0 N–H and O–H groups in total. The molecular formula is C18H17N2+. The van der Waals surface area contributed by atoms with Gasteiger partial charge in [0.25, 0.3) is 0 Å². The van der Waals surface area contributed by atoms with Crippen molar-refractivity contribution in [2.75, 3.05) is 0 Å². The maximum atomic E-state index is 4.43. The molecule has 0 bridgehead atoms. The van der Waals surface area contributed by atoms with E-state index in [0.29, 0.717) is 0 Å². The van der Waals surface area contributed by atoms with Gasteiger partial charge in [-0.2, -0.15) is 0 Å². The lowest BCUT2D eigenvalue weighted by atomic mass is 10.0. The zero-order valence-electron chi connectivity index (χ0n) is 11.7. The molecule has 0 aliphatic carbocycles. The predicted octanol–water partition coefficient (Wildman–Crippen LogP) is 3.55. The molecule has 0 unspecified atom stereocenters. The molecule has 0 saturated carbocycles. The Kier molecular flexibility index (Phi) is 3.30. The second kappa shape index (κ2) is 5.25. The Morgan fingerprint density at radius 3 is 2.50 bits per heavy atom. The van der Waals surface area contributed by atoms with E-state index < -0.39 is 0 Å². The number of benzene rings is 1. The van der Waals surface area contributed by atoms with Gasteiger partial charge >= 0.3 is 0 Å². The molecule has 3 rings (SSSR count). The average molecular weight is 261 g/mol. The summed E-state index contributed by atoms with van der Waals surface area (Å²) in [5.41, 5.74) is 5.88. The molecular weight excluding hydrogens is 244 g/mol. The molecule has 20 heavy (non-hydrogen) atoms. The van der Waals surface area contributed by atoms with Crippen molar-refractivity contribution in [3.05, 3.63) is 72.6 Å². The maximum absolute atomic E-state index is 4.43. The standard InChI is InChI=1S/C18H17N2/c1-14-7-3-4-8-16(14)18-13-15(10-12-20(18)2)17-9-5-6-11-19-17/h3-13H,1-2H3/q+1. The van der Waals surface area contributed by atoms with E-state index in [0.717, 1.165) is 11.3 Å². The molecule has 0 saturated heterocycles. The lowest BCUT2D eigenvalue weighted by Gasteiger charge is -2.06. The van der Waals surface area contributed by atoms with E-state index >= 15 is 0 Å². The van der Waals surface area contributed by atoms with Crippen molar-refractivity contribution in [1.82, 2.24) is 4.98 Å². The molecule has 0 spiro atoms. The first-order valence-corrected chi connectivity index (χ1v) is 6.73. The van der Waals surface area contributed by atoms with Crippen molar-refractivity contribution in [1.29, 1.82) is 0 Å². The van der Waals surface area contributed by atoms with Crippen LogP contribution in [0.3, 0.4) is 0 Å². The fraction of sp³-hybridized carbons (Fsp3) is 0.111. The monoisotopic (exact) mass is 261 g/mol. The second-order valence-corrected chi connectivity index (χ2v) is 4.94. The Morgan fingerprint density at radius 2 is 1.75 bits per heavy atom. The van der Waals surface area contributed by atoms with Crippen molar-refractivity contribution >= 4 is 0 Å². The average Bonchev–Trinajstić information content (AvgIpc) is 2.49. The van der Waals surface area contributed by atoms with Gasteiger partial charge in [0.1, 0.15) is 7.05 Å². The van der Waals surface area contributed by atoms with Gasteiger partial charge in [0, 0.05) is 29.5 Å². The van der Waals surface area contributed by atoms with Gasteiger partial charge in [-0.3, -0.25) is 4.98 Å². The van der Waals surface area contributed by atoms with E-state index in [-0.39, 0.29) is 0 Å². The molecule has 0 aliphatic rings. The molecule has 2 heterocycles. The zero-order valence-corrected chi connectivity index (χ0v) is 11.7. The normalized spacial score (nSPS) is 10.5. The first kappa shape index (κ1) is 12.5. The van der Waals surface area contributed by atoms with Gasteiger partial charge in [-0.05, 0) is 30.7 Å². The minimum atomic E-state index is 1.00. The number of rotatable bonds is 2. The number of pyridine rings is 2. The van der Waals surface area contributed by atoms with Gasteiger partial charge in [0.2, 0.25) is 5.69 Å². The lowest BCUT2D eigenvalue weighted by Crippen LogP contribution is -2.30. The second-order valence-electron chi connectivity index (χ2n) is 4.94. The van der Waals surface area contributed by atoms with E-state index in [1.165, 1.54) is 16.8 Å². The molecule has 98 valence electrons. The summed E-state index contributed by atoms with van der Waals surface area (Å²) >= 11 is 0. The Labute approximate surface area is 119 Å². The van der Waals surface area contributed by atoms with E-state index in [1.807, 2.05) is 24.4 Å². The van der Waals surface area contributed by atoms with Crippen molar-refractivity contribution in [3.8, 4) is 22.5 Å². The highest BCUT2D eigenvalue weighted by molar-refractivity contribution is 5.68. The fourth-order valence-electron chi connectivity index (χ4n) is 2.39. The number of hydrogen-bond donors (Lipinski definition) is 0. The molecule has 2 aromatic heterocycles. The van der Waals surface area contributed by atoms with Crippen molar-refractivity contribution in [2.24, 2.45) is 7.05 Å². The third kappa shape index (κ3) is 2.32. The number of aromatic nitrogens is 2. The number of hydrogen-bond acceptors (Lipinski definition) is 1. The highest BCUT2D eigenvalue weighted by Crippen LogP contribution is 2.24. The summed E-state index contributed by atoms with van der Waals surface area (Å²) in [6.45, 7) is 2.14. The summed E-state index contributed by atoms with van der Waals surface area (Å²) in [5.74, 6) is 0. The van der Waals surface area contributed by atoms with Gasteiger partial charge in [-0.1, -0.05) is 24.3 Å². The molecule has 2 nitrogen and oxygen atoms in total. The van der Waals surface area contributed by atoms with Crippen LogP contribution in [0, 0.1) is 6.92 Å². The highest BCUT2D eigenvalue weighted by atomic mass is 14.9. The van der Waals surface area contributed by atoms with Gasteiger partial charge in [-0.25, -0.2) is 4.57 Å². The summed E-state index contributed by atoms with van der Waals surface area (Å²) in [5, 5.41) is 0. The van der Waals surface area contributed by atoms with Crippen LogP contribution in [0.1, 0.15) is 5.56 Å². The Morgan fingerprint density at radius 1 is 0.950 bits per heavy atom. The third-order valence-corrected chi connectivity index (χ3v) is 3.53. The van der Waals surface area contributed by atoms with E-state index in [4.69, 9.17) is 0 Å². The van der Waals surface area contributed by atoms with Crippen LogP contribution in [0.25, 0.3) is 22.5 Å². The lowest BCUT2D eigenvalue weighted by molar-refractivity contribution is -0.660. The summed E-state index contributed by atoms with van der Waals surface area (Å²) in [6, 6.07) is 18.7. The quantitative estimate of drug-likeness (QED) is 0.645. The largest absolute Gasteiger partial charge is 0.256 e. The molecule has 0 aliphatic heterocycles. The molecule has 0 radical (unpaired) electrons. The van der Waals surface area contributed by atoms with E-state index in [1.54, 1.807) is 0 Å². The van der Waals surface area contributed by atoms with E-state index in [2.05, 4.69) is 66.1 Å². The molecule has 2 heteroatoms. The first-order chi connectivity index (χ1) is 9.75. The van der Waals surface area contributed by atoms with Gasteiger partial charge in [-0.15, -0.1) is 0 Å². The minimum absolute atomic E-state index is 1.00. The smallest absolute Gasteiger partial charge is 0.213 e. The number of nitrogens with zero attached hydrogens (tertiary/aromatic N) is 2. The Bertz CT molecular complexity index is 733. The van der Waals surface area contributed by atoms with Crippen LogP contribution in [-0.2, 0) is 7.05 Å². The van der Waals surface area contributed by atoms with Crippen LogP contribution >= 0.6 is 0 Å². The van der Waals surface area contributed by atoms with Crippen molar-refractivity contribution < 1.29 is 4.57 Å². The van der Waals surface area contributed by atoms with Gasteiger partial charge in [0.05, 0.1) is 5.69 Å². The van der Waals surface area contributed by atoms with Crippen LogP contribution in [0.5, 0.6) is 0 Å². The van der Waals surface area contributed by atoms with E-state index in [9.17, 15) is 0 Å². The first-order valence-electron chi connectivity index (χ1n) is 6.73. The van der Waals surface area contributed by atoms with Crippen LogP contribution in [0.4, 0.5) is 0 Å². The van der Waals surface area contributed by atoms with Gasteiger partial charge < -0.3 is 0 Å². The Hall–Kier alpha value is -2.48. The topological polar surface area (TPSA) is 16.8 Å². The molecule has 0 amide bonds. The molecule has 0 atom stereocenters. The predicted molar refractivity (Wildman–Crippen MR) is 81.0 cm³/mol. The third-order valence-electron chi connectivity index (χ3n) is 3.53.